The molecule has 1 aromatic carbocycles. The van der Waals surface area contributed by atoms with Crippen LogP contribution in [-0.4, -0.2) is 65.8 Å². The summed E-state index contributed by atoms with van der Waals surface area (Å²) >= 11 is 0. The number of rotatable bonds is 10. The maximum Gasteiger partial charge on any atom is 0.209 e. The quantitative estimate of drug-likeness (QED) is 0.454. The number of ether oxygens (including phenoxy) is 2. The Morgan fingerprint density at radius 3 is 2.56 bits per heavy atom. The molecule has 0 bridgehead atoms. The summed E-state index contributed by atoms with van der Waals surface area (Å²) in [5, 5.41) is 24.1. The van der Waals surface area contributed by atoms with Gasteiger partial charge in [-0.15, -0.1) is 0 Å². The van der Waals surface area contributed by atoms with Crippen LogP contribution in [0, 0.1) is 11.3 Å². The third-order valence-electron chi connectivity index (χ3n) is 6.55. The molecule has 1 unspecified atom stereocenters. The first-order chi connectivity index (χ1) is 17.1. The molecule has 1 aromatic rings. The summed E-state index contributed by atoms with van der Waals surface area (Å²) < 4.78 is 11.7. The SMILES string of the molecule is CCC1=CC(OC(CC)CC)=NCC2C(=N)N(CC(=O)c3cc(OCCO)cc(C(C)(C)C)c3)N=C12. The first kappa shape index (κ1) is 27.6. The van der Waals surface area contributed by atoms with Gasteiger partial charge in [0.2, 0.25) is 5.90 Å². The lowest BCUT2D eigenvalue weighted by atomic mass is 9.85. The summed E-state index contributed by atoms with van der Waals surface area (Å²) in [6.07, 6.45) is 4.60. The van der Waals surface area contributed by atoms with Crippen molar-refractivity contribution in [3.63, 3.8) is 0 Å². The molecule has 196 valence electrons. The number of aliphatic hydroxyl groups excluding tert-OH is 1. The van der Waals surface area contributed by atoms with Crippen LogP contribution in [0.15, 0.2) is 39.9 Å². The first-order valence-electron chi connectivity index (χ1n) is 12.9. The van der Waals surface area contributed by atoms with Gasteiger partial charge in [0, 0.05) is 11.6 Å². The smallest absolute Gasteiger partial charge is 0.209 e. The number of amidine groups is 1. The lowest BCUT2D eigenvalue weighted by molar-refractivity contribution is 0.0963. The van der Waals surface area contributed by atoms with E-state index < -0.39 is 0 Å². The van der Waals surface area contributed by atoms with Crippen molar-refractivity contribution in [3.05, 3.63) is 41.0 Å². The highest BCUT2D eigenvalue weighted by atomic mass is 16.5. The predicted molar refractivity (Wildman–Crippen MR) is 144 cm³/mol. The van der Waals surface area contributed by atoms with Gasteiger partial charge in [-0.3, -0.25) is 15.2 Å². The van der Waals surface area contributed by atoms with E-state index in [1.54, 1.807) is 6.07 Å². The largest absolute Gasteiger partial charge is 0.491 e. The van der Waals surface area contributed by atoms with Crippen LogP contribution in [0.4, 0.5) is 0 Å². The minimum absolute atomic E-state index is 0.0380. The van der Waals surface area contributed by atoms with Gasteiger partial charge < -0.3 is 14.6 Å². The summed E-state index contributed by atoms with van der Waals surface area (Å²) in [5.74, 6) is 0.972. The monoisotopic (exact) mass is 496 g/mol. The zero-order valence-corrected chi connectivity index (χ0v) is 22.4. The van der Waals surface area contributed by atoms with Crippen molar-refractivity contribution >= 4 is 23.2 Å². The lowest BCUT2D eigenvalue weighted by Gasteiger charge is -2.22. The zero-order valence-electron chi connectivity index (χ0n) is 22.4. The van der Waals surface area contributed by atoms with Crippen LogP contribution in [0.3, 0.4) is 0 Å². The van der Waals surface area contributed by atoms with Crippen molar-refractivity contribution in [3.8, 4) is 5.75 Å². The first-order valence-corrected chi connectivity index (χ1v) is 12.9. The Bertz CT molecular complexity index is 1060. The Labute approximate surface area is 214 Å². The number of nitrogens with one attached hydrogen (secondary N) is 1. The minimum Gasteiger partial charge on any atom is -0.491 e. The van der Waals surface area contributed by atoms with Crippen LogP contribution in [0.2, 0.25) is 0 Å². The van der Waals surface area contributed by atoms with Gasteiger partial charge in [-0.1, -0.05) is 41.5 Å². The van der Waals surface area contributed by atoms with Crippen molar-refractivity contribution in [2.75, 3.05) is 26.3 Å². The standard InChI is InChI=1S/C28H40N4O4/c1-7-18-14-25(36-21(8-2)9-3)30-16-23-26(18)31-32(27(23)29)17-24(34)19-12-20(28(4,5)6)15-22(13-19)35-11-10-33/h12-15,21,23,29,33H,7-11,16-17H2,1-6H3. The van der Waals surface area contributed by atoms with E-state index in [0.29, 0.717) is 23.8 Å². The van der Waals surface area contributed by atoms with Gasteiger partial charge in [0.1, 0.15) is 24.7 Å². The van der Waals surface area contributed by atoms with E-state index in [4.69, 9.17) is 25.1 Å². The maximum absolute atomic E-state index is 13.3. The normalized spacial score (nSPS) is 17.9. The summed E-state index contributed by atoms with van der Waals surface area (Å²) in [4.78, 5) is 18.0. The third kappa shape index (κ3) is 6.40. The number of aliphatic hydroxyl groups is 1. The number of allylic oxidation sites excluding steroid dienone is 1. The molecule has 0 radical (unpaired) electrons. The van der Waals surface area contributed by atoms with E-state index in [0.717, 1.165) is 36.1 Å². The summed E-state index contributed by atoms with van der Waals surface area (Å²) in [6, 6.07) is 5.48. The van der Waals surface area contributed by atoms with Gasteiger partial charge in [-0.25, -0.2) is 5.01 Å². The van der Waals surface area contributed by atoms with Crippen molar-refractivity contribution in [1.29, 1.82) is 5.41 Å². The van der Waals surface area contributed by atoms with E-state index in [1.165, 1.54) is 5.01 Å². The van der Waals surface area contributed by atoms with Crippen LogP contribution < -0.4 is 4.74 Å². The Morgan fingerprint density at radius 1 is 1.22 bits per heavy atom. The average Bonchev–Trinajstić information content (AvgIpc) is 3.04. The van der Waals surface area contributed by atoms with E-state index in [9.17, 15) is 4.79 Å². The molecule has 0 saturated carbocycles. The van der Waals surface area contributed by atoms with Crippen LogP contribution in [0.25, 0.3) is 0 Å². The number of hydrazone groups is 1. The average molecular weight is 497 g/mol. The Hall–Kier alpha value is -3.00. The predicted octanol–water partition coefficient (Wildman–Crippen LogP) is 4.76. The van der Waals surface area contributed by atoms with Crippen LogP contribution in [0.1, 0.15) is 76.7 Å². The fourth-order valence-electron chi connectivity index (χ4n) is 4.24. The van der Waals surface area contributed by atoms with E-state index in [-0.39, 0.29) is 48.8 Å². The molecule has 2 heterocycles. The van der Waals surface area contributed by atoms with Gasteiger partial charge >= 0.3 is 0 Å². The third-order valence-corrected chi connectivity index (χ3v) is 6.55. The van der Waals surface area contributed by atoms with Crippen LogP contribution in [-0.2, 0) is 10.2 Å². The lowest BCUT2D eigenvalue weighted by Crippen LogP contribution is -2.32. The Balaban J connectivity index is 1.84. The molecule has 2 aliphatic rings. The van der Waals surface area contributed by atoms with Crippen molar-refractivity contribution < 1.29 is 19.4 Å². The minimum atomic E-state index is -0.295. The number of fused-ring (bicyclic) bond motifs is 1. The molecule has 1 atom stereocenters. The Kier molecular flexibility index (Phi) is 9.06. The summed E-state index contributed by atoms with van der Waals surface area (Å²) in [5.41, 5.74) is 3.05. The molecule has 36 heavy (non-hydrogen) atoms. The molecule has 3 rings (SSSR count). The molecule has 2 N–H and O–H groups in total. The topological polar surface area (TPSA) is 108 Å². The molecule has 8 heteroatoms. The van der Waals surface area contributed by atoms with Gasteiger partial charge in [-0.05, 0) is 54.0 Å². The highest BCUT2D eigenvalue weighted by Crippen LogP contribution is 2.30. The molecule has 0 aromatic heterocycles. The second-order valence-electron chi connectivity index (χ2n) is 10.2. The van der Waals surface area contributed by atoms with Crippen molar-refractivity contribution in [2.24, 2.45) is 16.0 Å². The van der Waals surface area contributed by atoms with Gasteiger partial charge in [0.15, 0.2) is 5.78 Å². The van der Waals surface area contributed by atoms with Crippen molar-refractivity contribution in [2.45, 2.75) is 72.3 Å². The molecule has 0 saturated heterocycles. The highest BCUT2D eigenvalue weighted by molar-refractivity contribution is 6.20. The summed E-state index contributed by atoms with van der Waals surface area (Å²) in [6.45, 7) is 12.8. The molecule has 0 fully saturated rings. The molecular weight excluding hydrogens is 456 g/mol. The van der Waals surface area contributed by atoms with Gasteiger partial charge in [0.25, 0.3) is 0 Å². The number of carbonyl (C=O) groups is 1. The maximum atomic E-state index is 13.3. The molecule has 0 aliphatic carbocycles. The number of hydrogen-bond donors (Lipinski definition) is 2. The number of ketones is 1. The fourth-order valence-corrected chi connectivity index (χ4v) is 4.24. The van der Waals surface area contributed by atoms with Gasteiger partial charge in [0.05, 0.1) is 30.9 Å². The fraction of sp³-hybridized carbons (Fsp3) is 0.571. The van der Waals surface area contributed by atoms with Crippen LogP contribution in [0.5, 0.6) is 5.75 Å². The second kappa shape index (κ2) is 11.8. The zero-order chi connectivity index (χ0) is 26.5. The van der Waals surface area contributed by atoms with Gasteiger partial charge in [-0.2, -0.15) is 5.10 Å². The number of Topliss-reactive ketones (excluding diaryl/α,β-unsaturated/α-hetero) is 1. The van der Waals surface area contributed by atoms with Crippen LogP contribution >= 0.6 is 0 Å². The number of benzene rings is 1. The molecule has 8 nitrogen and oxygen atoms in total. The number of carbonyl (C=O) groups excluding carboxylic acids is 1. The molecule has 0 amide bonds. The Morgan fingerprint density at radius 2 is 1.94 bits per heavy atom. The van der Waals surface area contributed by atoms with E-state index in [1.807, 2.05) is 18.2 Å². The van der Waals surface area contributed by atoms with E-state index >= 15 is 0 Å². The molecular formula is C28H40N4O4. The number of nitrogens with zero attached hydrogens (tertiary/aromatic N) is 3. The number of aliphatic imine (C=N–C) groups is 1. The summed E-state index contributed by atoms with van der Waals surface area (Å²) in [7, 11) is 0. The highest BCUT2D eigenvalue weighted by Gasteiger charge is 2.36. The molecule has 2 aliphatic heterocycles. The van der Waals surface area contributed by atoms with Crippen molar-refractivity contribution in [1.82, 2.24) is 5.01 Å². The molecule has 0 spiro atoms. The van der Waals surface area contributed by atoms with E-state index in [2.05, 4.69) is 46.5 Å². The number of hydrogen-bond acceptors (Lipinski definition) is 7. The second-order valence-corrected chi connectivity index (χ2v) is 10.2.